The van der Waals surface area contributed by atoms with Crippen LogP contribution in [0.1, 0.15) is 80.8 Å². The van der Waals surface area contributed by atoms with Gasteiger partial charge in [0.25, 0.3) is 20.2 Å². The fraction of sp³-hybridized carbons (Fsp3) is 0.300. The summed E-state index contributed by atoms with van der Waals surface area (Å²) in [4.78, 5) is 35.0. The van der Waals surface area contributed by atoms with Gasteiger partial charge in [-0.15, -0.1) is 23.2 Å². The van der Waals surface area contributed by atoms with Crippen molar-refractivity contribution in [3.05, 3.63) is 117 Å². The molecule has 0 radical (unpaired) electrons. The van der Waals surface area contributed by atoms with Gasteiger partial charge in [0.1, 0.15) is 0 Å². The number of carbonyl (C=O) groups is 2. The van der Waals surface area contributed by atoms with Crippen molar-refractivity contribution in [3.8, 4) is 0 Å². The van der Waals surface area contributed by atoms with E-state index in [1.54, 1.807) is 60.7 Å². The summed E-state index contributed by atoms with van der Waals surface area (Å²) in [6.07, 6.45) is 1.87. The fourth-order valence-electron chi connectivity index (χ4n) is 6.66. The molecule has 1 aliphatic carbocycles. The van der Waals surface area contributed by atoms with E-state index in [2.05, 4.69) is 20.6 Å². The number of rotatable bonds is 18. The number of fused-ring (bicyclic) bond motifs is 2. The number of hydrogen-bond donors (Lipinski definition) is 4. The Labute approximate surface area is 403 Å². The summed E-state index contributed by atoms with van der Waals surface area (Å²) in [5.74, 6) is -2.67. The van der Waals surface area contributed by atoms with E-state index in [9.17, 15) is 45.7 Å². The molecule has 5 rings (SSSR count). The number of ketones is 2. The van der Waals surface area contributed by atoms with Crippen LogP contribution in [0, 0.1) is 0 Å². The minimum absolute atomic E-state index is 0. The van der Waals surface area contributed by atoms with Crippen molar-refractivity contribution in [2.45, 2.75) is 74.5 Å². The molecule has 0 saturated heterocycles. The fourth-order valence-corrected chi connectivity index (χ4v) is 8.22. The average molecular weight is 918 g/mol. The third-order valence-electron chi connectivity index (χ3n) is 9.50. The van der Waals surface area contributed by atoms with Crippen molar-refractivity contribution in [1.29, 1.82) is 0 Å². The predicted molar refractivity (Wildman–Crippen MR) is 219 cm³/mol. The van der Waals surface area contributed by atoms with Gasteiger partial charge in [-0.3, -0.25) is 28.7 Å². The second-order valence-corrected chi connectivity index (χ2v) is 17.1. The summed E-state index contributed by atoms with van der Waals surface area (Å²) >= 11 is 11.0. The van der Waals surface area contributed by atoms with Crippen molar-refractivity contribution < 1.29 is 105 Å². The summed E-state index contributed by atoms with van der Waals surface area (Å²) in [5.41, 5.74) is 3.54. The summed E-state index contributed by atoms with van der Waals surface area (Å²) in [7, 11) is -9.16. The molecule has 2 unspecified atom stereocenters. The van der Waals surface area contributed by atoms with Crippen molar-refractivity contribution in [3.63, 3.8) is 0 Å². The Morgan fingerprint density at radius 3 is 1.35 bits per heavy atom. The molecule has 60 heavy (non-hydrogen) atoms. The van der Waals surface area contributed by atoms with E-state index in [-0.39, 0.29) is 151 Å². The topological polar surface area (TPSA) is 238 Å². The molecule has 0 aliphatic heterocycles. The van der Waals surface area contributed by atoms with Gasteiger partial charge in [-0.1, -0.05) is 48.5 Å². The van der Waals surface area contributed by atoms with Gasteiger partial charge in [-0.05, 0) is 97.8 Å². The van der Waals surface area contributed by atoms with E-state index in [1.807, 2.05) is 13.8 Å². The van der Waals surface area contributed by atoms with Gasteiger partial charge in [-0.2, -0.15) is 16.8 Å². The number of aryl methyl sites for hydroxylation is 2. The SMILES string of the molecule is CC(CCc1ccc(S(=O)(=O)O)c(CN=C([O-])CCl)c1)Nc1ccc(NC(C)CCc2ccc(S(=O)(=O)O)c(CN=C([O-])CCl)c2)c2c1C(=O)c1ccccc1C2=O.[Na+].[Na+]. The van der Waals surface area contributed by atoms with Gasteiger partial charge in [0.15, 0.2) is 11.6 Å². The van der Waals surface area contributed by atoms with E-state index in [1.165, 1.54) is 12.1 Å². The largest absolute Gasteiger partial charge is 1.00 e. The van der Waals surface area contributed by atoms with E-state index in [4.69, 9.17) is 23.2 Å². The number of benzene rings is 4. The minimum Gasteiger partial charge on any atom is -0.861 e. The number of halogens is 2. The first-order chi connectivity index (χ1) is 27.4. The summed E-state index contributed by atoms with van der Waals surface area (Å²) in [6, 6.07) is 18.3. The van der Waals surface area contributed by atoms with E-state index in [0.29, 0.717) is 48.2 Å². The van der Waals surface area contributed by atoms with E-state index < -0.39 is 32.0 Å². The average Bonchev–Trinajstić information content (AvgIpc) is 3.19. The molecule has 2 atom stereocenters. The third-order valence-corrected chi connectivity index (χ3v) is 11.9. The number of nitrogens with zero attached hydrogens (tertiary/aromatic N) is 2. The van der Waals surface area contributed by atoms with Crippen LogP contribution in [0.4, 0.5) is 11.4 Å². The van der Waals surface area contributed by atoms with Crippen LogP contribution in [0.3, 0.4) is 0 Å². The Kier molecular flexibility index (Phi) is 19.3. The van der Waals surface area contributed by atoms with Crippen molar-refractivity contribution in [2.24, 2.45) is 9.98 Å². The van der Waals surface area contributed by atoms with Crippen LogP contribution in [0.15, 0.2) is 92.6 Å². The monoisotopic (exact) mass is 916 g/mol. The molecule has 0 heterocycles. The smallest absolute Gasteiger partial charge is 0.861 e. The second-order valence-electron chi connectivity index (χ2n) is 13.8. The van der Waals surface area contributed by atoms with Gasteiger partial charge < -0.3 is 20.8 Å². The molecule has 0 bridgehead atoms. The first kappa shape index (κ1) is 51.5. The number of aliphatic imine (C=N–C) groups is 2. The maximum absolute atomic E-state index is 14.1. The molecule has 1 aliphatic rings. The van der Waals surface area contributed by atoms with Gasteiger partial charge >= 0.3 is 59.1 Å². The van der Waals surface area contributed by atoms with Gasteiger partial charge in [0.2, 0.25) is 0 Å². The maximum Gasteiger partial charge on any atom is 1.00 e. The van der Waals surface area contributed by atoms with Crippen LogP contribution in [0.2, 0.25) is 0 Å². The van der Waals surface area contributed by atoms with Crippen molar-refractivity contribution in [1.82, 2.24) is 0 Å². The summed E-state index contributed by atoms with van der Waals surface area (Å²) < 4.78 is 67.2. The van der Waals surface area contributed by atoms with Crippen molar-refractivity contribution in [2.75, 3.05) is 22.4 Å². The molecule has 0 spiro atoms. The number of hydrogen-bond acceptors (Lipinski definition) is 12. The Hall–Kier alpha value is -2.84. The van der Waals surface area contributed by atoms with Gasteiger partial charge in [0.05, 0.1) is 45.8 Å². The molecular weight excluding hydrogens is 877 g/mol. The Morgan fingerprint density at radius 1 is 0.650 bits per heavy atom. The molecule has 0 saturated carbocycles. The minimum atomic E-state index is -4.58. The number of carbonyl (C=O) groups excluding carboxylic acids is 2. The molecule has 4 aromatic carbocycles. The van der Waals surface area contributed by atoms with Gasteiger partial charge in [0, 0.05) is 34.6 Å². The van der Waals surface area contributed by atoms with Gasteiger partial charge in [-0.25, -0.2) is 0 Å². The third kappa shape index (κ3) is 13.1. The van der Waals surface area contributed by atoms with Crippen LogP contribution < -0.4 is 80.0 Å². The first-order valence-electron chi connectivity index (χ1n) is 18.0. The molecule has 4 aromatic rings. The molecule has 20 heteroatoms. The first-order valence-corrected chi connectivity index (χ1v) is 22.0. The number of nitrogens with one attached hydrogen (secondary N) is 2. The second kappa shape index (κ2) is 22.5. The molecule has 14 nitrogen and oxygen atoms in total. The van der Waals surface area contributed by atoms with Crippen LogP contribution >= 0.6 is 23.2 Å². The summed E-state index contributed by atoms with van der Waals surface area (Å²) in [6.45, 7) is 3.21. The van der Waals surface area contributed by atoms with E-state index in [0.717, 1.165) is 0 Å². The van der Waals surface area contributed by atoms with Crippen LogP contribution in [0.5, 0.6) is 0 Å². The maximum atomic E-state index is 14.1. The zero-order valence-corrected chi connectivity index (χ0v) is 40.5. The zero-order chi connectivity index (χ0) is 42.4. The standard InChI is InChI=1S/C40H42Cl2N4O10S2.2Na/c1-23(7-9-25-11-15-33(57(51,52)53)27(17-25)21-43-35(47)19-41)45-31-13-14-32(38-37(31)39(49)29-5-3-4-6-30(29)40(38)50)46-24(2)8-10-26-12-16-34(58(54,55)56)28(18-26)22-44-36(48)20-42;;/h3-6,11-18,23-24,45-46H,7-10,19-22H2,1-2H3,(H,43,47)(H,44,48)(H,51,52,53)(H,54,55,56);;/q;2*+1/p-2. The van der Waals surface area contributed by atoms with Crippen molar-refractivity contribution >= 4 is 78.2 Å². The molecule has 0 aromatic heterocycles. The van der Waals surface area contributed by atoms with Crippen LogP contribution in [0.25, 0.3) is 0 Å². The number of alkyl halides is 2. The Morgan fingerprint density at radius 2 is 1.02 bits per heavy atom. The quantitative estimate of drug-likeness (QED) is 0.0268. The molecular formula is C40H40Cl2N4Na2O10S2. The molecule has 4 N–H and O–H groups in total. The summed E-state index contributed by atoms with van der Waals surface area (Å²) in [5, 5.41) is 30.1. The Bertz CT molecular complexity index is 2350. The van der Waals surface area contributed by atoms with E-state index >= 15 is 0 Å². The normalized spacial score (nSPS) is 14.0. The number of anilines is 2. The predicted octanol–water partition coefficient (Wildman–Crippen LogP) is -1.17. The Balaban J connectivity index is 0.00000480. The zero-order valence-electron chi connectivity index (χ0n) is 33.4. The molecule has 308 valence electrons. The van der Waals surface area contributed by atoms with Crippen LogP contribution in [-0.2, 0) is 46.2 Å². The van der Waals surface area contributed by atoms with Crippen LogP contribution in [-0.4, -0.2) is 73.1 Å². The molecule has 0 fully saturated rings. The molecule has 0 amide bonds.